The summed E-state index contributed by atoms with van der Waals surface area (Å²) in [5.74, 6) is 0. The number of thiophene rings is 1. The van der Waals surface area contributed by atoms with Crippen LogP contribution in [0.15, 0.2) is 49.3 Å². The number of hydrogen-bond acceptors (Lipinski definition) is 3. The predicted octanol–water partition coefficient (Wildman–Crippen LogP) is 5.33. The molecule has 0 aliphatic heterocycles. The first-order chi connectivity index (χ1) is 8.70. The number of nitrogens with one attached hydrogen (secondary N) is 1. The van der Waals surface area contributed by atoms with E-state index >= 15 is 0 Å². The van der Waals surface area contributed by atoms with Gasteiger partial charge in [-0.15, -0.1) is 11.3 Å². The van der Waals surface area contributed by atoms with Gasteiger partial charge < -0.3 is 5.32 Å². The van der Waals surface area contributed by atoms with Crippen LogP contribution in [0.3, 0.4) is 0 Å². The molecule has 96 valence electrons. The Kier molecular flexibility index (Phi) is 5.30. The molecule has 0 saturated heterocycles. The van der Waals surface area contributed by atoms with Crippen LogP contribution in [0, 0.1) is 0 Å². The Bertz CT molecular complexity index is 497. The molecule has 0 aliphatic rings. The fraction of sp³-hybridized carbons (Fsp3) is 0.286. The smallest absolute Gasteiger partial charge is 0.0646 e. The second-order valence-electron chi connectivity index (χ2n) is 4.00. The van der Waals surface area contributed by atoms with Gasteiger partial charge in [0.2, 0.25) is 0 Å². The van der Waals surface area contributed by atoms with Crippen LogP contribution >= 0.6 is 39.0 Å². The lowest BCUT2D eigenvalue weighted by molar-refractivity contribution is 0.589. The van der Waals surface area contributed by atoms with E-state index < -0.39 is 0 Å². The van der Waals surface area contributed by atoms with Crippen LogP contribution in [0.1, 0.15) is 25.5 Å². The summed E-state index contributed by atoms with van der Waals surface area (Å²) in [6, 6.07) is 11.2. The van der Waals surface area contributed by atoms with Gasteiger partial charge in [0.05, 0.1) is 4.21 Å². The minimum atomic E-state index is 0.380. The molecule has 2 rings (SSSR count). The van der Waals surface area contributed by atoms with Crippen molar-refractivity contribution in [1.29, 1.82) is 0 Å². The highest BCUT2D eigenvalue weighted by Gasteiger charge is 2.11. The lowest BCUT2D eigenvalue weighted by Gasteiger charge is -2.17. The van der Waals surface area contributed by atoms with Gasteiger partial charge in [-0.1, -0.05) is 46.7 Å². The molecule has 2 aromatic rings. The minimum absolute atomic E-state index is 0.380. The van der Waals surface area contributed by atoms with E-state index in [-0.39, 0.29) is 0 Å². The van der Waals surface area contributed by atoms with E-state index in [1.165, 1.54) is 14.7 Å². The van der Waals surface area contributed by atoms with E-state index in [1.807, 2.05) is 11.8 Å². The molecule has 1 nitrogen and oxygen atoms in total. The van der Waals surface area contributed by atoms with Crippen LogP contribution in [0.25, 0.3) is 0 Å². The van der Waals surface area contributed by atoms with Crippen molar-refractivity contribution in [3.05, 3.63) is 45.7 Å². The normalized spacial score (nSPS) is 12.6. The SMILES string of the molecule is CCNC(C)c1ccc(Br)cc1Sc1cccs1. The molecule has 1 unspecified atom stereocenters. The van der Waals surface area contributed by atoms with Crippen molar-refractivity contribution in [2.24, 2.45) is 0 Å². The first kappa shape index (κ1) is 14.1. The second-order valence-corrected chi connectivity index (χ2v) is 7.20. The Morgan fingerprint density at radius 2 is 2.22 bits per heavy atom. The Morgan fingerprint density at radius 3 is 2.89 bits per heavy atom. The van der Waals surface area contributed by atoms with Crippen molar-refractivity contribution in [3.8, 4) is 0 Å². The minimum Gasteiger partial charge on any atom is -0.310 e. The molecule has 0 radical (unpaired) electrons. The zero-order valence-corrected chi connectivity index (χ0v) is 13.7. The maximum absolute atomic E-state index is 3.56. The van der Waals surface area contributed by atoms with E-state index in [2.05, 4.69) is 70.8 Å². The molecule has 1 N–H and O–H groups in total. The van der Waals surface area contributed by atoms with Crippen molar-refractivity contribution in [2.75, 3.05) is 6.54 Å². The lowest BCUT2D eigenvalue weighted by Crippen LogP contribution is -2.18. The van der Waals surface area contributed by atoms with Crippen LogP contribution in [-0.2, 0) is 0 Å². The van der Waals surface area contributed by atoms with Gasteiger partial charge in [0.15, 0.2) is 0 Å². The van der Waals surface area contributed by atoms with Crippen LogP contribution < -0.4 is 5.32 Å². The fourth-order valence-electron chi connectivity index (χ4n) is 1.80. The monoisotopic (exact) mass is 341 g/mol. The summed E-state index contributed by atoms with van der Waals surface area (Å²) in [6.07, 6.45) is 0. The number of halogens is 1. The van der Waals surface area contributed by atoms with Gasteiger partial charge in [-0.2, -0.15) is 0 Å². The second kappa shape index (κ2) is 6.75. The highest BCUT2D eigenvalue weighted by Crippen LogP contribution is 2.37. The zero-order valence-electron chi connectivity index (χ0n) is 10.4. The molecule has 1 heterocycles. The maximum Gasteiger partial charge on any atom is 0.0646 e. The molecule has 4 heteroatoms. The molecule has 1 atom stereocenters. The van der Waals surface area contributed by atoms with Gasteiger partial charge in [0, 0.05) is 15.4 Å². The van der Waals surface area contributed by atoms with E-state index in [9.17, 15) is 0 Å². The summed E-state index contributed by atoms with van der Waals surface area (Å²) in [5, 5.41) is 5.59. The van der Waals surface area contributed by atoms with Crippen molar-refractivity contribution < 1.29 is 0 Å². The Morgan fingerprint density at radius 1 is 1.39 bits per heavy atom. The van der Waals surface area contributed by atoms with Gasteiger partial charge >= 0.3 is 0 Å². The zero-order chi connectivity index (χ0) is 13.0. The average Bonchev–Trinajstić information content (AvgIpc) is 2.82. The largest absolute Gasteiger partial charge is 0.310 e. The molecule has 0 bridgehead atoms. The quantitative estimate of drug-likeness (QED) is 0.788. The van der Waals surface area contributed by atoms with Gasteiger partial charge in [0.1, 0.15) is 0 Å². The molecule has 0 fully saturated rings. The maximum atomic E-state index is 3.56. The predicted molar refractivity (Wildman–Crippen MR) is 84.7 cm³/mol. The van der Waals surface area contributed by atoms with Crippen molar-refractivity contribution in [2.45, 2.75) is 29.0 Å². The third-order valence-electron chi connectivity index (χ3n) is 2.66. The fourth-order valence-corrected chi connectivity index (χ4v) is 4.30. The molecule has 18 heavy (non-hydrogen) atoms. The molecule has 0 amide bonds. The highest BCUT2D eigenvalue weighted by molar-refractivity contribution is 9.10. The van der Waals surface area contributed by atoms with E-state index in [1.54, 1.807) is 11.3 Å². The number of hydrogen-bond donors (Lipinski definition) is 1. The van der Waals surface area contributed by atoms with Crippen LogP contribution in [0.4, 0.5) is 0 Å². The molecule has 1 aromatic heterocycles. The van der Waals surface area contributed by atoms with Crippen LogP contribution in [0.2, 0.25) is 0 Å². The lowest BCUT2D eigenvalue weighted by atomic mass is 10.1. The molecule has 0 aliphatic carbocycles. The summed E-state index contributed by atoms with van der Waals surface area (Å²) < 4.78 is 2.46. The Balaban J connectivity index is 2.28. The Labute approximate surface area is 125 Å². The molecule has 0 saturated carbocycles. The third-order valence-corrected chi connectivity index (χ3v) is 5.26. The third kappa shape index (κ3) is 3.60. The summed E-state index contributed by atoms with van der Waals surface area (Å²) in [4.78, 5) is 1.32. The van der Waals surface area contributed by atoms with Crippen molar-refractivity contribution in [3.63, 3.8) is 0 Å². The van der Waals surface area contributed by atoms with Gasteiger partial charge in [0.25, 0.3) is 0 Å². The summed E-state index contributed by atoms with van der Waals surface area (Å²) >= 11 is 7.18. The van der Waals surface area contributed by atoms with Gasteiger partial charge in [-0.3, -0.25) is 0 Å². The summed E-state index contributed by atoms with van der Waals surface area (Å²) in [5.41, 5.74) is 1.36. The van der Waals surface area contributed by atoms with Crippen LogP contribution in [-0.4, -0.2) is 6.54 Å². The average molecular weight is 342 g/mol. The highest BCUT2D eigenvalue weighted by atomic mass is 79.9. The van der Waals surface area contributed by atoms with E-state index in [0.29, 0.717) is 6.04 Å². The van der Waals surface area contributed by atoms with Gasteiger partial charge in [-0.05, 0) is 42.6 Å². The number of benzene rings is 1. The molecular formula is C14H16BrNS2. The van der Waals surface area contributed by atoms with Crippen molar-refractivity contribution >= 4 is 39.0 Å². The first-order valence-electron chi connectivity index (χ1n) is 5.95. The first-order valence-corrected chi connectivity index (χ1v) is 8.43. The van der Waals surface area contributed by atoms with Gasteiger partial charge in [-0.25, -0.2) is 0 Å². The van der Waals surface area contributed by atoms with E-state index in [4.69, 9.17) is 0 Å². The molecule has 1 aromatic carbocycles. The molecule has 0 spiro atoms. The van der Waals surface area contributed by atoms with Crippen molar-refractivity contribution in [1.82, 2.24) is 5.32 Å². The Hall–Kier alpha value is -0.290. The topological polar surface area (TPSA) is 12.0 Å². The summed E-state index contributed by atoms with van der Waals surface area (Å²) in [7, 11) is 0. The standard InChI is InChI=1S/C14H16BrNS2/c1-3-16-10(2)12-7-6-11(15)9-13(12)18-14-5-4-8-17-14/h4-10,16H,3H2,1-2H3. The van der Waals surface area contributed by atoms with E-state index in [0.717, 1.165) is 11.0 Å². The summed E-state index contributed by atoms with van der Waals surface area (Å²) in [6.45, 7) is 5.34. The molecular weight excluding hydrogens is 326 g/mol. The van der Waals surface area contributed by atoms with Crippen LogP contribution in [0.5, 0.6) is 0 Å². The number of rotatable bonds is 5.